The lowest BCUT2D eigenvalue weighted by molar-refractivity contribution is -0.119. The molecule has 0 aliphatic rings. The maximum atomic E-state index is 12.4. The minimum Gasteiger partial charge on any atom is -0.334 e. The summed E-state index contributed by atoms with van der Waals surface area (Å²) in [6.45, 7) is 3.75. The van der Waals surface area contributed by atoms with E-state index in [1.807, 2.05) is 43.3 Å². The fraction of sp³-hybridized carbons (Fsp3) is 0.150. The molecule has 0 saturated carbocycles. The predicted octanol–water partition coefficient (Wildman–Crippen LogP) is 3.50. The summed E-state index contributed by atoms with van der Waals surface area (Å²) in [6.07, 6.45) is 2.90. The Bertz CT molecular complexity index is 1100. The Hall–Kier alpha value is -3.81. The Morgan fingerprint density at radius 2 is 2.04 bits per heavy atom. The average Bonchev–Trinajstić information content (AvgIpc) is 3.40. The second-order valence-electron chi connectivity index (χ2n) is 6.36. The number of nitrogens with zero attached hydrogens (tertiary/aromatic N) is 5. The zero-order valence-electron chi connectivity index (χ0n) is 15.4. The van der Waals surface area contributed by atoms with Gasteiger partial charge in [-0.15, -0.1) is 0 Å². The van der Waals surface area contributed by atoms with E-state index >= 15 is 0 Å². The number of rotatable bonds is 5. The van der Waals surface area contributed by atoms with Crippen molar-refractivity contribution in [1.29, 1.82) is 0 Å². The molecule has 2 heterocycles. The first kappa shape index (κ1) is 17.6. The molecule has 2 aromatic heterocycles. The third-order valence-electron chi connectivity index (χ3n) is 4.40. The SMILES string of the molecule is Cc1ccccc1-c1noc(-c2cccc(NC(=O)[C@@H](C)n3cncn3)c2)n1. The second-order valence-corrected chi connectivity index (χ2v) is 6.36. The molecular formula is C20H18N6O2. The van der Waals surface area contributed by atoms with E-state index in [1.54, 1.807) is 19.1 Å². The van der Waals surface area contributed by atoms with E-state index < -0.39 is 6.04 Å². The minimum atomic E-state index is -0.484. The van der Waals surface area contributed by atoms with Gasteiger partial charge in [0, 0.05) is 16.8 Å². The molecule has 0 fully saturated rings. The van der Waals surface area contributed by atoms with E-state index in [4.69, 9.17) is 4.52 Å². The van der Waals surface area contributed by atoms with Gasteiger partial charge in [0.25, 0.3) is 5.89 Å². The van der Waals surface area contributed by atoms with Gasteiger partial charge in [0.2, 0.25) is 11.7 Å². The number of hydrogen-bond donors (Lipinski definition) is 1. The summed E-state index contributed by atoms with van der Waals surface area (Å²) in [5, 5.41) is 10.9. The summed E-state index contributed by atoms with van der Waals surface area (Å²) in [5.41, 5.74) is 3.34. The predicted molar refractivity (Wildman–Crippen MR) is 103 cm³/mol. The minimum absolute atomic E-state index is 0.200. The van der Waals surface area contributed by atoms with Crippen molar-refractivity contribution in [3.05, 3.63) is 66.7 Å². The van der Waals surface area contributed by atoms with Crippen LogP contribution >= 0.6 is 0 Å². The van der Waals surface area contributed by atoms with Crippen molar-refractivity contribution in [3.63, 3.8) is 0 Å². The molecule has 140 valence electrons. The van der Waals surface area contributed by atoms with E-state index in [-0.39, 0.29) is 5.91 Å². The monoisotopic (exact) mass is 374 g/mol. The Labute approximate surface area is 161 Å². The molecule has 0 radical (unpaired) electrons. The first-order valence-electron chi connectivity index (χ1n) is 8.77. The normalized spacial score (nSPS) is 11.9. The molecule has 2 aromatic carbocycles. The largest absolute Gasteiger partial charge is 0.334 e. The van der Waals surface area contributed by atoms with Crippen molar-refractivity contribution in [2.24, 2.45) is 0 Å². The Morgan fingerprint density at radius 1 is 1.18 bits per heavy atom. The fourth-order valence-electron chi connectivity index (χ4n) is 2.79. The molecule has 0 spiro atoms. The van der Waals surface area contributed by atoms with Crippen LogP contribution in [0.25, 0.3) is 22.8 Å². The Balaban J connectivity index is 1.55. The number of aryl methyl sites for hydroxylation is 1. The lowest BCUT2D eigenvalue weighted by Gasteiger charge is -2.12. The molecule has 0 aliphatic heterocycles. The van der Waals surface area contributed by atoms with Crippen molar-refractivity contribution in [2.45, 2.75) is 19.9 Å². The highest BCUT2D eigenvalue weighted by atomic mass is 16.5. The zero-order chi connectivity index (χ0) is 19.5. The van der Waals surface area contributed by atoms with Crippen LogP contribution in [0, 0.1) is 6.92 Å². The third kappa shape index (κ3) is 3.52. The number of hydrogen-bond acceptors (Lipinski definition) is 6. The van der Waals surface area contributed by atoms with Crippen molar-refractivity contribution in [2.75, 3.05) is 5.32 Å². The summed E-state index contributed by atoms with van der Waals surface area (Å²) >= 11 is 0. The van der Waals surface area contributed by atoms with Gasteiger partial charge >= 0.3 is 0 Å². The van der Waals surface area contributed by atoms with E-state index in [9.17, 15) is 4.79 Å². The lowest BCUT2D eigenvalue weighted by Crippen LogP contribution is -2.24. The van der Waals surface area contributed by atoms with Gasteiger partial charge in [0.1, 0.15) is 18.7 Å². The van der Waals surface area contributed by atoms with E-state index in [0.29, 0.717) is 17.4 Å². The number of carbonyl (C=O) groups is 1. The first-order valence-corrected chi connectivity index (χ1v) is 8.77. The van der Waals surface area contributed by atoms with Crippen LogP contribution in [0.2, 0.25) is 0 Å². The molecule has 28 heavy (non-hydrogen) atoms. The molecule has 1 atom stereocenters. The molecule has 0 unspecified atom stereocenters. The highest BCUT2D eigenvalue weighted by Gasteiger charge is 2.17. The molecule has 4 aromatic rings. The van der Waals surface area contributed by atoms with Gasteiger partial charge < -0.3 is 9.84 Å². The topological polar surface area (TPSA) is 98.7 Å². The number of benzene rings is 2. The highest BCUT2D eigenvalue weighted by Crippen LogP contribution is 2.26. The third-order valence-corrected chi connectivity index (χ3v) is 4.40. The number of carbonyl (C=O) groups excluding carboxylic acids is 1. The molecule has 4 rings (SSSR count). The van der Waals surface area contributed by atoms with Gasteiger partial charge in [-0.25, -0.2) is 9.67 Å². The number of anilines is 1. The van der Waals surface area contributed by atoms with E-state index in [1.165, 1.54) is 17.3 Å². The summed E-state index contributed by atoms with van der Waals surface area (Å²) in [6, 6.07) is 14.6. The van der Waals surface area contributed by atoms with Crippen LogP contribution in [0.15, 0.2) is 65.7 Å². The maximum absolute atomic E-state index is 12.4. The summed E-state index contributed by atoms with van der Waals surface area (Å²) in [4.78, 5) is 20.8. The van der Waals surface area contributed by atoms with Crippen molar-refractivity contribution in [1.82, 2.24) is 24.9 Å². The quantitative estimate of drug-likeness (QED) is 0.574. The highest BCUT2D eigenvalue weighted by molar-refractivity contribution is 5.93. The number of nitrogens with one attached hydrogen (secondary N) is 1. The summed E-state index contributed by atoms with van der Waals surface area (Å²) < 4.78 is 6.92. The smallest absolute Gasteiger partial charge is 0.258 e. The van der Waals surface area contributed by atoms with Crippen LogP contribution in [0.1, 0.15) is 18.5 Å². The molecule has 8 heteroatoms. The zero-order valence-corrected chi connectivity index (χ0v) is 15.4. The van der Waals surface area contributed by atoms with Crippen LogP contribution < -0.4 is 5.32 Å². The number of aromatic nitrogens is 5. The van der Waals surface area contributed by atoms with Crippen LogP contribution in [0.4, 0.5) is 5.69 Å². The van der Waals surface area contributed by atoms with Crippen LogP contribution in [0.5, 0.6) is 0 Å². The molecule has 8 nitrogen and oxygen atoms in total. The Morgan fingerprint density at radius 3 is 2.82 bits per heavy atom. The van der Waals surface area contributed by atoms with E-state index in [2.05, 4.69) is 25.5 Å². The average molecular weight is 374 g/mol. The summed E-state index contributed by atoms with van der Waals surface area (Å²) in [5.74, 6) is 0.717. The van der Waals surface area contributed by atoms with Gasteiger partial charge in [-0.05, 0) is 37.6 Å². The van der Waals surface area contributed by atoms with Gasteiger partial charge in [0.15, 0.2) is 0 Å². The number of amides is 1. The first-order chi connectivity index (χ1) is 13.6. The molecule has 0 aliphatic carbocycles. The standard InChI is InChI=1S/C20H18N6O2/c1-13-6-3-4-9-17(13)18-24-20(28-25-18)15-7-5-8-16(10-15)23-19(27)14(2)26-12-21-11-22-26/h3-12,14H,1-2H3,(H,23,27)/t14-/m1/s1. The molecule has 1 amide bonds. The Kier molecular flexibility index (Phi) is 4.67. The summed E-state index contributed by atoms with van der Waals surface area (Å²) in [7, 11) is 0. The molecule has 0 saturated heterocycles. The van der Waals surface area contributed by atoms with Crippen LogP contribution in [-0.2, 0) is 4.79 Å². The van der Waals surface area contributed by atoms with Gasteiger partial charge in [-0.2, -0.15) is 10.1 Å². The molecular weight excluding hydrogens is 356 g/mol. The molecule has 0 bridgehead atoms. The van der Waals surface area contributed by atoms with Crippen molar-refractivity contribution in [3.8, 4) is 22.8 Å². The maximum Gasteiger partial charge on any atom is 0.258 e. The van der Waals surface area contributed by atoms with Crippen LogP contribution in [-0.4, -0.2) is 30.8 Å². The van der Waals surface area contributed by atoms with Gasteiger partial charge in [0.05, 0.1) is 0 Å². The van der Waals surface area contributed by atoms with Gasteiger partial charge in [-0.3, -0.25) is 4.79 Å². The van der Waals surface area contributed by atoms with Crippen molar-refractivity contribution < 1.29 is 9.32 Å². The van der Waals surface area contributed by atoms with E-state index in [0.717, 1.165) is 16.7 Å². The van der Waals surface area contributed by atoms with Crippen molar-refractivity contribution >= 4 is 11.6 Å². The van der Waals surface area contributed by atoms with Gasteiger partial charge in [-0.1, -0.05) is 35.5 Å². The second kappa shape index (κ2) is 7.43. The van der Waals surface area contributed by atoms with Crippen LogP contribution in [0.3, 0.4) is 0 Å². The fourth-order valence-corrected chi connectivity index (χ4v) is 2.79. The lowest BCUT2D eigenvalue weighted by atomic mass is 10.1. The molecule has 1 N–H and O–H groups in total.